The van der Waals surface area contributed by atoms with E-state index in [9.17, 15) is 4.79 Å². The van der Waals surface area contributed by atoms with E-state index in [0.29, 0.717) is 5.69 Å². The van der Waals surface area contributed by atoms with Crippen LogP contribution >= 0.6 is 36.2 Å². The molecule has 136 valence electrons. The van der Waals surface area contributed by atoms with Crippen molar-refractivity contribution in [3.8, 4) is 22.1 Å². The van der Waals surface area contributed by atoms with Gasteiger partial charge in [0, 0.05) is 23.5 Å². The molecule has 1 saturated heterocycles. The third kappa shape index (κ3) is 4.36. The zero-order valence-electron chi connectivity index (χ0n) is 13.3. The van der Waals surface area contributed by atoms with E-state index < -0.39 is 0 Å². The maximum atomic E-state index is 12.3. The molecule has 1 fully saturated rings. The lowest BCUT2D eigenvalue weighted by Gasteiger charge is -2.23. The highest BCUT2D eigenvalue weighted by Crippen LogP contribution is 2.36. The number of hydrogen-bond acceptors (Lipinski definition) is 6. The summed E-state index contributed by atoms with van der Waals surface area (Å²) in [6.45, 7) is 2.10. The van der Waals surface area contributed by atoms with Gasteiger partial charge in [0.2, 0.25) is 6.79 Å². The minimum Gasteiger partial charge on any atom is -0.454 e. The Labute approximate surface area is 162 Å². The summed E-state index contributed by atoms with van der Waals surface area (Å²) in [5.74, 6) is 1.35. The smallest absolute Gasteiger partial charge is 0.271 e. The van der Waals surface area contributed by atoms with E-state index in [1.54, 1.807) is 5.38 Å². The van der Waals surface area contributed by atoms with Gasteiger partial charge in [-0.15, -0.1) is 36.2 Å². The highest BCUT2D eigenvalue weighted by molar-refractivity contribution is 7.13. The number of rotatable bonds is 3. The van der Waals surface area contributed by atoms with Crippen LogP contribution in [0.2, 0.25) is 0 Å². The second kappa shape index (κ2) is 8.71. The first-order chi connectivity index (χ1) is 11.3. The molecule has 0 unspecified atom stereocenters. The van der Waals surface area contributed by atoms with Gasteiger partial charge >= 0.3 is 0 Å². The Bertz CT molecular complexity index is 735. The van der Waals surface area contributed by atoms with Crippen molar-refractivity contribution in [3.63, 3.8) is 0 Å². The van der Waals surface area contributed by atoms with Crippen LogP contribution in [0.5, 0.6) is 11.5 Å². The zero-order chi connectivity index (χ0) is 15.6. The number of fused-ring (bicyclic) bond motifs is 1. The molecule has 3 heterocycles. The average molecular weight is 404 g/mol. The van der Waals surface area contributed by atoms with Gasteiger partial charge in [-0.3, -0.25) is 4.79 Å². The van der Waals surface area contributed by atoms with Gasteiger partial charge in [0.1, 0.15) is 10.7 Å². The minimum absolute atomic E-state index is 0. The number of carbonyl (C=O) groups is 1. The number of halogens is 2. The van der Waals surface area contributed by atoms with Crippen molar-refractivity contribution in [1.82, 2.24) is 15.6 Å². The number of aromatic nitrogens is 1. The molecular weight excluding hydrogens is 385 g/mol. The van der Waals surface area contributed by atoms with E-state index in [1.807, 2.05) is 18.2 Å². The molecule has 2 N–H and O–H groups in total. The fourth-order valence-corrected chi connectivity index (χ4v) is 3.57. The van der Waals surface area contributed by atoms with Crippen LogP contribution in [0.3, 0.4) is 0 Å². The molecule has 1 amide bonds. The molecule has 2 aliphatic heterocycles. The number of benzene rings is 1. The number of piperidine rings is 1. The quantitative estimate of drug-likeness (QED) is 0.823. The Hall–Kier alpha value is -1.54. The van der Waals surface area contributed by atoms with Crippen LogP contribution in [0, 0.1) is 0 Å². The van der Waals surface area contributed by atoms with Gasteiger partial charge in [-0.1, -0.05) is 0 Å². The van der Waals surface area contributed by atoms with Crippen LogP contribution in [0.4, 0.5) is 0 Å². The molecule has 25 heavy (non-hydrogen) atoms. The molecule has 0 spiro atoms. The third-order valence-corrected chi connectivity index (χ3v) is 4.88. The van der Waals surface area contributed by atoms with E-state index in [-0.39, 0.29) is 43.6 Å². The first kappa shape index (κ1) is 19.8. The largest absolute Gasteiger partial charge is 0.454 e. The molecule has 0 radical (unpaired) electrons. The summed E-state index contributed by atoms with van der Waals surface area (Å²) in [7, 11) is 0. The number of nitrogens with zero attached hydrogens (tertiary/aromatic N) is 1. The molecule has 9 heteroatoms. The minimum atomic E-state index is -0.109. The standard InChI is InChI=1S/C16H17N3O3S.2ClH/c20-15(18-11-2-1-5-17-7-11)12-8-23-16(19-12)10-3-4-13-14(6-10)22-9-21-13;;/h3-4,6,8,11,17H,1-2,5,7,9H2,(H,18,20);2*1H/t11-;;/m0../s1. The van der Waals surface area contributed by atoms with E-state index in [1.165, 1.54) is 11.3 Å². The van der Waals surface area contributed by atoms with Gasteiger partial charge in [0.05, 0.1) is 0 Å². The van der Waals surface area contributed by atoms with Gasteiger partial charge in [-0.05, 0) is 37.6 Å². The van der Waals surface area contributed by atoms with E-state index in [0.717, 1.165) is 48.0 Å². The number of hydrogen-bond donors (Lipinski definition) is 2. The molecule has 2 aromatic rings. The molecule has 1 aromatic heterocycles. The number of amides is 1. The second-order valence-electron chi connectivity index (χ2n) is 5.62. The highest BCUT2D eigenvalue weighted by atomic mass is 35.5. The van der Waals surface area contributed by atoms with Crippen molar-refractivity contribution >= 4 is 42.1 Å². The van der Waals surface area contributed by atoms with Crippen molar-refractivity contribution in [2.24, 2.45) is 0 Å². The van der Waals surface area contributed by atoms with Crippen molar-refractivity contribution in [2.75, 3.05) is 19.9 Å². The number of nitrogens with one attached hydrogen (secondary N) is 2. The van der Waals surface area contributed by atoms with E-state index in [2.05, 4.69) is 15.6 Å². The van der Waals surface area contributed by atoms with Crippen molar-refractivity contribution in [1.29, 1.82) is 0 Å². The Morgan fingerprint density at radius 1 is 1.28 bits per heavy atom. The predicted molar refractivity (Wildman–Crippen MR) is 102 cm³/mol. The summed E-state index contributed by atoms with van der Waals surface area (Å²) >= 11 is 1.45. The van der Waals surface area contributed by atoms with Crippen LogP contribution in [0.25, 0.3) is 10.6 Å². The Balaban J connectivity index is 0.00000113. The fraction of sp³-hybridized carbons (Fsp3) is 0.375. The molecule has 1 atom stereocenters. The number of ether oxygens (including phenoxy) is 2. The van der Waals surface area contributed by atoms with Crippen LogP contribution in [-0.4, -0.2) is 36.8 Å². The third-order valence-electron chi connectivity index (χ3n) is 3.99. The molecule has 0 saturated carbocycles. The second-order valence-corrected chi connectivity index (χ2v) is 6.48. The normalized spacial score (nSPS) is 18.0. The van der Waals surface area contributed by atoms with Crippen LogP contribution in [0.1, 0.15) is 23.3 Å². The van der Waals surface area contributed by atoms with Crippen molar-refractivity contribution in [3.05, 3.63) is 29.3 Å². The molecule has 0 bridgehead atoms. The summed E-state index contributed by atoms with van der Waals surface area (Å²) in [6, 6.07) is 5.88. The van der Waals surface area contributed by atoms with Gasteiger partial charge in [0.15, 0.2) is 11.5 Å². The first-order valence-electron chi connectivity index (χ1n) is 7.67. The lowest BCUT2D eigenvalue weighted by atomic mass is 10.1. The average Bonchev–Trinajstić information content (AvgIpc) is 3.24. The molecular formula is C16H19Cl2N3O3S. The maximum absolute atomic E-state index is 12.3. The first-order valence-corrected chi connectivity index (χ1v) is 8.55. The summed E-state index contributed by atoms with van der Waals surface area (Å²) in [4.78, 5) is 16.8. The lowest BCUT2D eigenvalue weighted by molar-refractivity contribution is 0.0926. The van der Waals surface area contributed by atoms with Gasteiger partial charge in [-0.25, -0.2) is 4.98 Å². The SMILES string of the molecule is Cl.Cl.O=C(N[C@H]1CCCNC1)c1csc(-c2ccc3c(c2)OCO3)n1. The molecule has 0 aliphatic carbocycles. The van der Waals surface area contributed by atoms with Crippen molar-refractivity contribution in [2.45, 2.75) is 18.9 Å². The summed E-state index contributed by atoms with van der Waals surface area (Å²) in [5.41, 5.74) is 1.39. The van der Waals surface area contributed by atoms with Crippen molar-refractivity contribution < 1.29 is 14.3 Å². The molecule has 4 rings (SSSR count). The Morgan fingerprint density at radius 3 is 2.92 bits per heavy atom. The Kier molecular flexibility index (Phi) is 6.89. The van der Waals surface area contributed by atoms with E-state index >= 15 is 0 Å². The van der Waals surface area contributed by atoms with E-state index in [4.69, 9.17) is 9.47 Å². The highest BCUT2D eigenvalue weighted by Gasteiger charge is 2.19. The number of carbonyl (C=O) groups excluding carboxylic acids is 1. The Morgan fingerprint density at radius 2 is 2.12 bits per heavy atom. The zero-order valence-corrected chi connectivity index (χ0v) is 15.8. The van der Waals surface area contributed by atoms with Gasteiger partial charge in [-0.2, -0.15) is 0 Å². The summed E-state index contributed by atoms with van der Waals surface area (Å²) in [6.07, 6.45) is 2.10. The molecule has 1 aromatic carbocycles. The molecule has 6 nitrogen and oxygen atoms in total. The summed E-state index contributed by atoms with van der Waals surface area (Å²) < 4.78 is 10.7. The topological polar surface area (TPSA) is 72.5 Å². The summed E-state index contributed by atoms with van der Waals surface area (Å²) in [5, 5.41) is 8.93. The van der Waals surface area contributed by atoms with Gasteiger partial charge < -0.3 is 20.1 Å². The van der Waals surface area contributed by atoms with Gasteiger partial charge in [0.25, 0.3) is 5.91 Å². The predicted octanol–water partition coefficient (Wildman–Crippen LogP) is 2.86. The lowest BCUT2D eigenvalue weighted by Crippen LogP contribution is -2.45. The van der Waals surface area contributed by atoms with Crippen LogP contribution in [0.15, 0.2) is 23.6 Å². The fourth-order valence-electron chi connectivity index (χ4n) is 2.77. The maximum Gasteiger partial charge on any atom is 0.271 e. The van der Waals surface area contributed by atoms with Crippen LogP contribution < -0.4 is 20.1 Å². The molecule has 2 aliphatic rings. The number of thiazole rings is 1. The van der Waals surface area contributed by atoms with Crippen LogP contribution in [-0.2, 0) is 0 Å². The monoisotopic (exact) mass is 403 g/mol.